The molecule has 370 valence electrons. The minimum absolute atomic E-state index is 0.149. The lowest BCUT2D eigenvalue weighted by Crippen LogP contribution is -2.65. The molecule has 63 heavy (non-hydrogen) atoms. The Hall–Kier alpha value is -1.99. The van der Waals surface area contributed by atoms with E-state index in [1.165, 1.54) is 70.6 Å². The van der Waals surface area contributed by atoms with Crippen LogP contribution in [0.1, 0.15) is 176 Å². The molecule has 6 N–H and O–H groups in total. The molecule has 2 aliphatic heterocycles. The van der Waals surface area contributed by atoms with Crippen molar-refractivity contribution in [2.75, 3.05) is 26.4 Å². The highest BCUT2D eigenvalue weighted by atomic mass is 16.7. The highest BCUT2D eigenvalue weighted by Gasteiger charge is 2.51. The molecule has 0 amide bonds. The topological polar surface area (TPSA) is 237 Å². The maximum atomic E-state index is 12.7. The Morgan fingerprint density at radius 2 is 0.921 bits per heavy atom. The molecule has 0 aromatic carbocycles. The molecule has 0 spiro atoms. The second kappa shape index (κ2) is 33.5. The first-order chi connectivity index (χ1) is 30.1. The summed E-state index contributed by atoms with van der Waals surface area (Å²) in [5.74, 6) is -0.165. The van der Waals surface area contributed by atoms with Gasteiger partial charge in [0.2, 0.25) is 0 Å². The summed E-state index contributed by atoms with van der Waals surface area (Å²) in [7, 11) is 0. The smallest absolute Gasteiger partial charge is 0.305 e. The molecule has 16 heteroatoms. The summed E-state index contributed by atoms with van der Waals surface area (Å²) in [4.78, 5) is 36.5. The predicted octanol–water partition coefficient (Wildman–Crippen LogP) is 5.55. The van der Waals surface area contributed by atoms with Crippen molar-refractivity contribution in [1.82, 2.24) is 0 Å². The Kier molecular flexibility index (Phi) is 30.4. The van der Waals surface area contributed by atoms with Crippen molar-refractivity contribution in [2.24, 2.45) is 11.8 Å². The number of carbonyl (C=O) groups excluding carboxylic acids is 3. The third-order valence-corrected chi connectivity index (χ3v) is 11.7. The van der Waals surface area contributed by atoms with Crippen LogP contribution in [-0.4, -0.2) is 142 Å². The number of hydrogen-bond donors (Lipinski definition) is 6. The average Bonchev–Trinajstić information content (AvgIpc) is 3.23. The summed E-state index contributed by atoms with van der Waals surface area (Å²) in [6.07, 6.45) is 4.87. The van der Waals surface area contributed by atoms with Gasteiger partial charge in [0.15, 0.2) is 12.6 Å². The van der Waals surface area contributed by atoms with Gasteiger partial charge in [-0.3, -0.25) is 14.4 Å². The highest BCUT2D eigenvalue weighted by Crippen LogP contribution is 2.30. The van der Waals surface area contributed by atoms with Gasteiger partial charge in [-0.25, -0.2) is 0 Å². The van der Waals surface area contributed by atoms with Gasteiger partial charge in [-0.2, -0.15) is 0 Å². The van der Waals surface area contributed by atoms with Crippen LogP contribution in [0.25, 0.3) is 0 Å². The number of ether oxygens (including phenoxy) is 7. The molecular formula is C47H86O16. The third-order valence-electron chi connectivity index (χ3n) is 11.7. The van der Waals surface area contributed by atoms with Crippen molar-refractivity contribution in [3.8, 4) is 0 Å². The zero-order valence-corrected chi connectivity index (χ0v) is 39.2. The molecule has 2 saturated heterocycles. The van der Waals surface area contributed by atoms with E-state index in [0.29, 0.717) is 12.8 Å². The van der Waals surface area contributed by atoms with Crippen LogP contribution in [0.15, 0.2) is 0 Å². The van der Waals surface area contributed by atoms with Crippen LogP contribution >= 0.6 is 0 Å². The number of rotatable bonds is 35. The SMILES string of the molecule is CC(=O)OC[C@H]1O[C@@H](O[C@H]2[C@@H](O)[C@H](COC(=O)CCCCCCCCCCCC(C)C)O[C@@H](OC[C@@H](O)COC(=O)CCCCCCCCCCCC(C)C)[C@@H]2O)[C@@H](O)[C@@H](O)[C@H]1O. The second-order valence-electron chi connectivity index (χ2n) is 18.5. The van der Waals surface area contributed by atoms with Crippen molar-refractivity contribution >= 4 is 17.9 Å². The van der Waals surface area contributed by atoms with E-state index in [-0.39, 0.29) is 19.4 Å². The van der Waals surface area contributed by atoms with Gasteiger partial charge < -0.3 is 63.8 Å². The number of carbonyl (C=O) groups is 3. The van der Waals surface area contributed by atoms with Gasteiger partial charge in [-0.15, -0.1) is 0 Å². The standard InChI is InChI=1S/C47H86O16/c1-32(2)24-20-16-12-8-6-10-14-18-22-26-38(50)58-28-35(49)29-60-46-44(56)45(63-47-43(55)42(54)40(52)36(62-47)30-57-34(5)48)41(53)37(61-46)31-59-39(51)27-23-19-15-11-7-9-13-17-21-25-33(3)4/h32-33,35-37,40-47,49,52-56H,6-31H2,1-5H3/t35-,36+,37-,40-,41-,42-,43-,44+,45-,46+,47-/m0/s1. The number of esters is 3. The van der Waals surface area contributed by atoms with Crippen molar-refractivity contribution in [3.05, 3.63) is 0 Å². The largest absolute Gasteiger partial charge is 0.463 e. The third kappa shape index (κ3) is 24.9. The molecular weight excluding hydrogens is 821 g/mol. The minimum Gasteiger partial charge on any atom is -0.463 e. The van der Waals surface area contributed by atoms with Gasteiger partial charge in [0, 0.05) is 19.8 Å². The van der Waals surface area contributed by atoms with Crippen LogP contribution in [0.2, 0.25) is 0 Å². The van der Waals surface area contributed by atoms with Crippen LogP contribution in [0.3, 0.4) is 0 Å². The second-order valence-corrected chi connectivity index (χ2v) is 18.5. The van der Waals surface area contributed by atoms with Crippen molar-refractivity contribution in [1.29, 1.82) is 0 Å². The van der Waals surface area contributed by atoms with Gasteiger partial charge in [0.1, 0.15) is 74.8 Å². The Morgan fingerprint density at radius 3 is 1.41 bits per heavy atom. The first-order valence-electron chi connectivity index (χ1n) is 24.2. The van der Waals surface area contributed by atoms with E-state index in [9.17, 15) is 45.0 Å². The highest BCUT2D eigenvalue weighted by molar-refractivity contribution is 5.69. The van der Waals surface area contributed by atoms with Crippen molar-refractivity contribution < 1.29 is 78.2 Å². The summed E-state index contributed by atoms with van der Waals surface area (Å²) in [6, 6.07) is 0. The Labute approximate surface area is 377 Å². The maximum Gasteiger partial charge on any atom is 0.305 e. The molecule has 0 aromatic heterocycles. The normalized spacial score (nSPS) is 26.8. The van der Waals surface area contributed by atoms with Gasteiger partial charge in [0.25, 0.3) is 0 Å². The number of aliphatic hydroxyl groups is 6. The van der Waals surface area contributed by atoms with Crippen LogP contribution < -0.4 is 0 Å². The first kappa shape index (κ1) is 57.1. The molecule has 2 fully saturated rings. The van der Waals surface area contributed by atoms with Gasteiger partial charge >= 0.3 is 17.9 Å². The van der Waals surface area contributed by atoms with Crippen LogP contribution in [0, 0.1) is 11.8 Å². The van der Waals surface area contributed by atoms with Crippen molar-refractivity contribution in [2.45, 2.75) is 243 Å². The molecule has 0 aliphatic carbocycles. The fourth-order valence-corrected chi connectivity index (χ4v) is 7.74. The van der Waals surface area contributed by atoms with Crippen LogP contribution in [0.4, 0.5) is 0 Å². The van der Waals surface area contributed by atoms with E-state index in [4.69, 9.17) is 33.2 Å². The minimum atomic E-state index is -1.87. The summed E-state index contributed by atoms with van der Waals surface area (Å²) in [5.41, 5.74) is 0. The molecule has 16 nitrogen and oxygen atoms in total. The Morgan fingerprint density at radius 1 is 0.492 bits per heavy atom. The summed E-state index contributed by atoms with van der Waals surface area (Å²) >= 11 is 0. The first-order valence-corrected chi connectivity index (χ1v) is 24.2. The van der Waals surface area contributed by atoms with Crippen molar-refractivity contribution in [3.63, 3.8) is 0 Å². The summed E-state index contributed by atoms with van der Waals surface area (Å²) in [6.45, 7) is 8.31. The van der Waals surface area contributed by atoms with E-state index in [2.05, 4.69) is 27.7 Å². The molecule has 0 bridgehead atoms. The number of aliphatic hydroxyl groups excluding tert-OH is 6. The number of unbranched alkanes of at least 4 members (excludes halogenated alkanes) is 16. The average molecular weight is 907 g/mol. The monoisotopic (exact) mass is 907 g/mol. The van der Waals surface area contributed by atoms with Crippen LogP contribution in [-0.2, 0) is 47.5 Å². The molecule has 2 aliphatic rings. The van der Waals surface area contributed by atoms with Gasteiger partial charge in [0.05, 0.1) is 6.61 Å². The fourth-order valence-electron chi connectivity index (χ4n) is 7.74. The maximum absolute atomic E-state index is 12.7. The van der Waals surface area contributed by atoms with Gasteiger partial charge in [-0.05, 0) is 24.7 Å². The fraction of sp³-hybridized carbons (Fsp3) is 0.936. The zero-order valence-electron chi connectivity index (χ0n) is 39.2. The predicted molar refractivity (Wildman–Crippen MR) is 234 cm³/mol. The number of hydrogen-bond acceptors (Lipinski definition) is 16. The van der Waals surface area contributed by atoms with E-state index in [1.807, 2.05) is 0 Å². The molecule has 2 heterocycles. The lowest BCUT2D eigenvalue weighted by molar-refractivity contribution is -0.361. The molecule has 11 atom stereocenters. The molecule has 0 radical (unpaired) electrons. The van der Waals surface area contributed by atoms with Crippen LogP contribution in [0.5, 0.6) is 0 Å². The summed E-state index contributed by atoms with van der Waals surface area (Å²) < 4.78 is 38.5. The van der Waals surface area contributed by atoms with E-state index in [0.717, 1.165) is 63.7 Å². The quantitative estimate of drug-likeness (QED) is 0.0260. The molecule has 0 unspecified atom stereocenters. The lowest BCUT2D eigenvalue weighted by Gasteiger charge is -2.46. The van der Waals surface area contributed by atoms with Gasteiger partial charge in [-0.1, -0.05) is 143 Å². The van der Waals surface area contributed by atoms with E-state index in [1.54, 1.807) is 0 Å². The zero-order chi connectivity index (χ0) is 46.6. The Balaban J connectivity index is 1.88. The Bertz CT molecular complexity index is 1200. The summed E-state index contributed by atoms with van der Waals surface area (Å²) in [5, 5.41) is 64.9. The van der Waals surface area contributed by atoms with E-state index < -0.39 is 105 Å². The molecule has 0 saturated carbocycles. The lowest BCUT2D eigenvalue weighted by atomic mass is 9.97. The van der Waals surface area contributed by atoms with E-state index >= 15 is 0 Å². The molecule has 0 aromatic rings. The molecule has 2 rings (SSSR count).